The summed E-state index contributed by atoms with van der Waals surface area (Å²) < 4.78 is 13.6. The molecule has 0 amide bonds. The Morgan fingerprint density at radius 2 is 2.35 bits per heavy atom. The quantitative estimate of drug-likeness (QED) is 0.859. The zero-order valence-electron chi connectivity index (χ0n) is 8.93. The van der Waals surface area contributed by atoms with Gasteiger partial charge in [0.25, 0.3) is 0 Å². The van der Waals surface area contributed by atoms with Crippen LogP contribution in [0.15, 0.2) is 35.5 Å². The third-order valence-corrected chi connectivity index (χ3v) is 4.28. The standard InChI is InChI=1S/C12H11FN2OS/c13-8-3-1-2-7-11(16)9(17-12(7)8)6-10-14-4-5-15-10/h1-5,9,11,16H,6H2,(H,14,15)/t9-,11-/m0/s1. The molecule has 2 heterocycles. The molecule has 88 valence electrons. The lowest BCUT2D eigenvalue weighted by Gasteiger charge is -2.11. The molecule has 1 aromatic heterocycles. The minimum Gasteiger partial charge on any atom is -0.387 e. The Morgan fingerprint density at radius 3 is 3.06 bits per heavy atom. The average Bonchev–Trinajstić information content (AvgIpc) is 2.92. The Hall–Kier alpha value is -1.33. The van der Waals surface area contributed by atoms with Gasteiger partial charge < -0.3 is 10.1 Å². The van der Waals surface area contributed by atoms with Gasteiger partial charge >= 0.3 is 0 Å². The van der Waals surface area contributed by atoms with Gasteiger partial charge in [-0.05, 0) is 11.6 Å². The molecule has 17 heavy (non-hydrogen) atoms. The molecule has 0 aliphatic carbocycles. The SMILES string of the molecule is O[C@H]1c2cccc(F)c2S[C@H]1Cc1ncc[nH]1. The number of aliphatic hydroxyl groups excluding tert-OH is 1. The van der Waals surface area contributed by atoms with E-state index in [2.05, 4.69) is 9.97 Å². The highest BCUT2D eigenvalue weighted by molar-refractivity contribution is 8.00. The summed E-state index contributed by atoms with van der Waals surface area (Å²) in [5.74, 6) is 0.559. The van der Waals surface area contributed by atoms with Crippen LogP contribution in [0, 0.1) is 5.82 Å². The first-order chi connectivity index (χ1) is 8.25. The highest BCUT2D eigenvalue weighted by atomic mass is 32.2. The van der Waals surface area contributed by atoms with E-state index in [4.69, 9.17) is 0 Å². The van der Waals surface area contributed by atoms with Crippen molar-refractivity contribution < 1.29 is 9.50 Å². The Labute approximate surface area is 102 Å². The van der Waals surface area contributed by atoms with Gasteiger partial charge in [0.2, 0.25) is 0 Å². The molecule has 0 saturated carbocycles. The highest BCUT2D eigenvalue weighted by Gasteiger charge is 2.34. The Balaban J connectivity index is 1.86. The van der Waals surface area contributed by atoms with E-state index < -0.39 is 6.10 Å². The van der Waals surface area contributed by atoms with Gasteiger partial charge in [0.05, 0.1) is 6.10 Å². The smallest absolute Gasteiger partial charge is 0.137 e. The molecule has 1 aromatic carbocycles. The van der Waals surface area contributed by atoms with Crippen LogP contribution in [0.2, 0.25) is 0 Å². The molecule has 0 unspecified atom stereocenters. The number of halogens is 1. The molecule has 0 fully saturated rings. The molecule has 0 radical (unpaired) electrons. The second kappa shape index (κ2) is 4.16. The highest BCUT2D eigenvalue weighted by Crippen LogP contribution is 2.46. The summed E-state index contributed by atoms with van der Waals surface area (Å²) in [7, 11) is 0. The van der Waals surface area contributed by atoms with Crippen LogP contribution in [0.5, 0.6) is 0 Å². The molecule has 1 aliphatic rings. The van der Waals surface area contributed by atoms with Crippen molar-refractivity contribution in [3.63, 3.8) is 0 Å². The lowest BCUT2D eigenvalue weighted by molar-refractivity contribution is 0.175. The van der Waals surface area contributed by atoms with E-state index in [9.17, 15) is 9.50 Å². The number of fused-ring (bicyclic) bond motifs is 1. The molecule has 0 spiro atoms. The third-order valence-electron chi connectivity index (χ3n) is 2.89. The van der Waals surface area contributed by atoms with Gasteiger partial charge in [0.1, 0.15) is 11.6 Å². The summed E-state index contributed by atoms with van der Waals surface area (Å²) in [5.41, 5.74) is 0.687. The van der Waals surface area contributed by atoms with Crippen LogP contribution < -0.4 is 0 Å². The van der Waals surface area contributed by atoms with E-state index >= 15 is 0 Å². The average molecular weight is 250 g/mol. The van der Waals surface area contributed by atoms with Gasteiger partial charge in [-0.15, -0.1) is 11.8 Å². The Kier molecular flexibility index (Phi) is 2.64. The molecule has 5 heteroatoms. The van der Waals surface area contributed by atoms with Crippen molar-refractivity contribution in [3.05, 3.63) is 47.8 Å². The minimum atomic E-state index is -0.629. The molecule has 3 nitrogen and oxygen atoms in total. The van der Waals surface area contributed by atoms with Crippen LogP contribution in [-0.2, 0) is 6.42 Å². The summed E-state index contributed by atoms with van der Waals surface area (Å²) in [6.07, 6.45) is 3.40. The van der Waals surface area contributed by atoms with Gasteiger partial charge in [-0.25, -0.2) is 9.37 Å². The van der Waals surface area contributed by atoms with Crippen LogP contribution in [0.25, 0.3) is 0 Å². The van der Waals surface area contributed by atoms with Crippen molar-refractivity contribution in [2.24, 2.45) is 0 Å². The number of benzene rings is 1. The fourth-order valence-corrected chi connectivity index (χ4v) is 3.38. The van der Waals surface area contributed by atoms with Crippen LogP contribution in [0.1, 0.15) is 17.5 Å². The van der Waals surface area contributed by atoms with E-state index in [-0.39, 0.29) is 11.1 Å². The topological polar surface area (TPSA) is 48.9 Å². The lowest BCUT2D eigenvalue weighted by atomic mass is 10.0. The Morgan fingerprint density at radius 1 is 1.47 bits per heavy atom. The van der Waals surface area contributed by atoms with Crippen molar-refractivity contribution in [1.82, 2.24) is 9.97 Å². The predicted molar refractivity (Wildman–Crippen MR) is 63.3 cm³/mol. The predicted octanol–water partition coefficient (Wildman–Crippen LogP) is 2.30. The number of nitrogens with one attached hydrogen (secondary N) is 1. The molecule has 2 aromatic rings. The molecule has 2 N–H and O–H groups in total. The molecular weight excluding hydrogens is 239 g/mol. The largest absolute Gasteiger partial charge is 0.387 e. The van der Waals surface area contributed by atoms with Gasteiger partial charge in [-0.1, -0.05) is 12.1 Å². The number of imidazole rings is 1. The van der Waals surface area contributed by atoms with E-state index in [0.29, 0.717) is 16.9 Å². The van der Waals surface area contributed by atoms with E-state index in [1.54, 1.807) is 24.5 Å². The van der Waals surface area contributed by atoms with E-state index in [1.807, 2.05) is 0 Å². The van der Waals surface area contributed by atoms with Gasteiger partial charge in [0, 0.05) is 29.0 Å². The molecule has 2 atom stereocenters. The van der Waals surface area contributed by atoms with Crippen molar-refractivity contribution >= 4 is 11.8 Å². The van der Waals surface area contributed by atoms with Gasteiger partial charge in [-0.3, -0.25) is 0 Å². The van der Waals surface area contributed by atoms with E-state index in [1.165, 1.54) is 17.8 Å². The molecule has 3 rings (SSSR count). The lowest BCUT2D eigenvalue weighted by Crippen LogP contribution is -2.13. The maximum atomic E-state index is 13.6. The normalized spacial score (nSPS) is 22.7. The number of H-pyrrole nitrogens is 1. The molecule has 1 aliphatic heterocycles. The van der Waals surface area contributed by atoms with E-state index in [0.717, 1.165) is 5.82 Å². The first-order valence-electron chi connectivity index (χ1n) is 5.37. The fourth-order valence-electron chi connectivity index (χ4n) is 2.05. The number of nitrogens with zero attached hydrogens (tertiary/aromatic N) is 1. The van der Waals surface area contributed by atoms with Crippen molar-refractivity contribution in [2.45, 2.75) is 22.7 Å². The maximum absolute atomic E-state index is 13.6. The number of aromatic amines is 1. The number of aliphatic hydroxyl groups is 1. The first-order valence-corrected chi connectivity index (χ1v) is 6.25. The molecule has 0 bridgehead atoms. The summed E-state index contributed by atoms with van der Waals surface area (Å²) in [4.78, 5) is 7.69. The molecular formula is C12H11FN2OS. The fraction of sp³-hybridized carbons (Fsp3) is 0.250. The monoisotopic (exact) mass is 250 g/mol. The van der Waals surface area contributed by atoms with Crippen LogP contribution in [0.4, 0.5) is 4.39 Å². The van der Waals surface area contributed by atoms with Crippen LogP contribution in [-0.4, -0.2) is 20.3 Å². The zero-order valence-corrected chi connectivity index (χ0v) is 9.75. The summed E-state index contributed by atoms with van der Waals surface area (Å²) >= 11 is 1.38. The zero-order chi connectivity index (χ0) is 11.8. The number of thioether (sulfide) groups is 1. The minimum absolute atomic E-state index is 0.0759. The summed E-state index contributed by atoms with van der Waals surface area (Å²) in [6.45, 7) is 0. The maximum Gasteiger partial charge on any atom is 0.137 e. The summed E-state index contributed by atoms with van der Waals surface area (Å²) in [5, 5.41) is 10.1. The third kappa shape index (κ3) is 1.85. The van der Waals surface area contributed by atoms with Crippen LogP contribution >= 0.6 is 11.8 Å². The van der Waals surface area contributed by atoms with Crippen molar-refractivity contribution in [2.75, 3.05) is 0 Å². The number of hydrogen-bond donors (Lipinski definition) is 2. The Bertz CT molecular complexity index is 529. The number of hydrogen-bond acceptors (Lipinski definition) is 3. The number of rotatable bonds is 2. The summed E-state index contributed by atoms with van der Waals surface area (Å²) in [6, 6.07) is 4.83. The van der Waals surface area contributed by atoms with Gasteiger partial charge in [0.15, 0.2) is 0 Å². The second-order valence-electron chi connectivity index (χ2n) is 4.00. The first kappa shape index (κ1) is 10.8. The van der Waals surface area contributed by atoms with Crippen molar-refractivity contribution in [3.8, 4) is 0 Å². The molecule has 0 saturated heterocycles. The number of aromatic nitrogens is 2. The van der Waals surface area contributed by atoms with Gasteiger partial charge in [-0.2, -0.15) is 0 Å². The van der Waals surface area contributed by atoms with Crippen molar-refractivity contribution in [1.29, 1.82) is 0 Å². The van der Waals surface area contributed by atoms with Crippen LogP contribution in [0.3, 0.4) is 0 Å². The second-order valence-corrected chi connectivity index (χ2v) is 5.25.